The number of hydrogen-bond acceptors (Lipinski definition) is 3. The van der Waals surface area contributed by atoms with Crippen molar-refractivity contribution < 1.29 is 9.53 Å². The third kappa shape index (κ3) is 4.81. The monoisotopic (exact) mass is 256 g/mol. The molecule has 0 aromatic rings. The Balaban J connectivity index is 2.50. The zero-order chi connectivity index (χ0) is 13.8. The van der Waals surface area contributed by atoms with Gasteiger partial charge in [-0.3, -0.25) is 4.99 Å². The van der Waals surface area contributed by atoms with E-state index in [1.54, 1.807) is 11.9 Å². The number of aliphatic imine (C=N–C) groups is 1. The molecule has 1 saturated heterocycles. The fraction of sp³-hybridized carbons (Fsp3) is 0.833. The third-order valence-electron chi connectivity index (χ3n) is 2.67. The predicted octanol–water partition coefficient (Wildman–Crippen LogP) is 0.920. The molecule has 0 spiro atoms. The minimum absolute atomic E-state index is 0.148. The van der Waals surface area contributed by atoms with E-state index in [2.05, 4.69) is 10.3 Å². The Bertz CT molecular complexity index is 323. The number of carbonyl (C=O) groups excluding carboxylic acids is 1. The van der Waals surface area contributed by atoms with Crippen molar-refractivity contribution in [3.8, 4) is 0 Å². The molecule has 0 unspecified atom stereocenters. The van der Waals surface area contributed by atoms with Gasteiger partial charge in [0.05, 0.1) is 0 Å². The maximum absolute atomic E-state index is 11.9. The fourth-order valence-electron chi connectivity index (χ4n) is 1.86. The Labute approximate surface area is 109 Å². The van der Waals surface area contributed by atoms with E-state index >= 15 is 0 Å². The molecule has 1 aliphatic rings. The van der Waals surface area contributed by atoms with Crippen LogP contribution in [0.2, 0.25) is 0 Å². The summed E-state index contributed by atoms with van der Waals surface area (Å²) in [7, 11) is 1.64. The zero-order valence-electron chi connectivity index (χ0n) is 11.7. The van der Waals surface area contributed by atoms with Gasteiger partial charge in [0.15, 0.2) is 5.96 Å². The van der Waals surface area contributed by atoms with Gasteiger partial charge in [-0.1, -0.05) is 0 Å². The van der Waals surface area contributed by atoms with Crippen molar-refractivity contribution in [3.63, 3.8) is 0 Å². The SMILES string of the molecule is C/N=C(\N)N[C@H]1CCCN(C(=O)OC(C)(C)C)C1. The lowest BCUT2D eigenvalue weighted by molar-refractivity contribution is 0.0194. The number of amides is 1. The molecule has 0 aliphatic carbocycles. The molecule has 6 heteroatoms. The lowest BCUT2D eigenvalue weighted by atomic mass is 10.1. The van der Waals surface area contributed by atoms with Gasteiger partial charge in [0.1, 0.15) is 5.60 Å². The van der Waals surface area contributed by atoms with Crippen molar-refractivity contribution >= 4 is 12.1 Å². The van der Waals surface area contributed by atoms with Gasteiger partial charge in [-0.2, -0.15) is 0 Å². The zero-order valence-corrected chi connectivity index (χ0v) is 11.7. The largest absolute Gasteiger partial charge is 0.444 e. The van der Waals surface area contributed by atoms with Crippen LogP contribution in [-0.4, -0.2) is 48.7 Å². The Morgan fingerprint density at radius 1 is 1.50 bits per heavy atom. The quantitative estimate of drug-likeness (QED) is 0.540. The number of piperidine rings is 1. The minimum atomic E-state index is -0.457. The molecular formula is C12H24N4O2. The number of ether oxygens (including phenoxy) is 1. The molecule has 0 radical (unpaired) electrons. The Hall–Kier alpha value is -1.46. The van der Waals surface area contributed by atoms with Crippen LogP contribution in [0.4, 0.5) is 4.79 Å². The molecule has 1 rings (SSSR count). The average molecular weight is 256 g/mol. The molecule has 1 atom stereocenters. The molecule has 0 saturated carbocycles. The molecule has 6 nitrogen and oxygen atoms in total. The van der Waals surface area contributed by atoms with Crippen LogP contribution < -0.4 is 11.1 Å². The first-order valence-electron chi connectivity index (χ1n) is 6.28. The molecular weight excluding hydrogens is 232 g/mol. The summed E-state index contributed by atoms with van der Waals surface area (Å²) >= 11 is 0. The number of nitrogens with zero attached hydrogens (tertiary/aromatic N) is 2. The summed E-state index contributed by atoms with van der Waals surface area (Å²) in [6, 6.07) is 0.148. The molecule has 1 fully saturated rings. The number of likely N-dealkylation sites (tertiary alicyclic amines) is 1. The average Bonchev–Trinajstić information content (AvgIpc) is 2.27. The van der Waals surface area contributed by atoms with E-state index < -0.39 is 5.60 Å². The second-order valence-electron chi connectivity index (χ2n) is 5.52. The summed E-state index contributed by atoms with van der Waals surface area (Å²) < 4.78 is 5.35. The number of guanidine groups is 1. The van der Waals surface area contributed by atoms with Crippen LogP contribution >= 0.6 is 0 Å². The highest BCUT2D eigenvalue weighted by Gasteiger charge is 2.27. The maximum Gasteiger partial charge on any atom is 0.410 e. The smallest absolute Gasteiger partial charge is 0.410 e. The van der Waals surface area contributed by atoms with Crippen molar-refractivity contribution in [2.75, 3.05) is 20.1 Å². The normalized spacial score (nSPS) is 21.7. The second kappa shape index (κ2) is 5.93. The standard InChI is InChI=1S/C12H24N4O2/c1-12(2,3)18-11(17)16-7-5-6-9(8-16)15-10(13)14-4/h9H,5-8H2,1-4H3,(H3,13,14,15)/t9-/m0/s1. The van der Waals surface area contributed by atoms with Crippen molar-refractivity contribution in [1.82, 2.24) is 10.2 Å². The van der Waals surface area contributed by atoms with Gasteiger partial charge in [0, 0.05) is 26.2 Å². The highest BCUT2D eigenvalue weighted by molar-refractivity contribution is 5.78. The van der Waals surface area contributed by atoms with E-state index in [0.717, 1.165) is 19.4 Å². The predicted molar refractivity (Wildman–Crippen MR) is 71.5 cm³/mol. The van der Waals surface area contributed by atoms with E-state index in [1.165, 1.54) is 0 Å². The highest BCUT2D eigenvalue weighted by Crippen LogP contribution is 2.15. The van der Waals surface area contributed by atoms with Crippen molar-refractivity contribution in [1.29, 1.82) is 0 Å². The number of hydrogen-bond donors (Lipinski definition) is 2. The van der Waals surface area contributed by atoms with Crippen LogP contribution in [-0.2, 0) is 4.74 Å². The van der Waals surface area contributed by atoms with E-state index in [1.807, 2.05) is 20.8 Å². The van der Waals surface area contributed by atoms with E-state index in [0.29, 0.717) is 12.5 Å². The van der Waals surface area contributed by atoms with E-state index in [-0.39, 0.29) is 12.1 Å². The molecule has 18 heavy (non-hydrogen) atoms. The van der Waals surface area contributed by atoms with Crippen molar-refractivity contribution in [2.24, 2.45) is 10.7 Å². The highest BCUT2D eigenvalue weighted by atomic mass is 16.6. The summed E-state index contributed by atoms with van der Waals surface area (Å²) in [5, 5.41) is 3.09. The van der Waals surface area contributed by atoms with Gasteiger partial charge in [0.25, 0.3) is 0 Å². The van der Waals surface area contributed by atoms with Crippen LogP contribution in [0.1, 0.15) is 33.6 Å². The Morgan fingerprint density at radius 3 is 2.72 bits per heavy atom. The summed E-state index contributed by atoms with van der Waals surface area (Å²) in [6.45, 7) is 6.94. The molecule has 0 aromatic heterocycles. The van der Waals surface area contributed by atoms with Crippen molar-refractivity contribution in [3.05, 3.63) is 0 Å². The second-order valence-corrected chi connectivity index (χ2v) is 5.52. The van der Waals surface area contributed by atoms with Crippen LogP contribution in [0.5, 0.6) is 0 Å². The van der Waals surface area contributed by atoms with E-state index in [9.17, 15) is 4.79 Å². The number of rotatable bonds is 1. The van der Waals surface area contributed by atoms with Crippen molar-refractivity contribution in [2.45, 2.75) is 45.3 Å². The van der Waals surface area contributed by atoms with Gasteiger partial charge in [0.2, 0.25) is 0 Å². The fourth-order valence-corrected chi connectivity index (χ4v) is 1.86. The molecule has 0 bridgehead atoms. The number of nitrogens with two attached hydrogens (primary N) is 1. The summed E-state index contributed by atoms with van der Waals surface area (Å²) in [4.78, 5) is 17.5. The molecule has 0 aromatic carbocycles. The van der Waals surface area contributed by atoms with Crippen LogP contribution in [0.3, 0.4) is 0 Å². The summed E-state index contributed by atoms with van der Waals surface area (Å²) in [5.74, 6) is 0.408. The first-order chi connectivity index (χ1) is 8.31. The lowest BCUT2D eigenvalue weighted by Gasteiger charge is -2.34. The van der Waals surface area contributed by atoms with Gasteiger partial charge < -0.3 is 20.7 Å². The summed E-state index contributed by atoms with van der Waals surface area (Å²) in [5.41, 5.74) is 5.17. The van der Waals surface area contributed by atoms with Gasteiger partial charge >= 0.3 is 6.09 Å². The Kier molecular flexibility index (Phi) is 4.81. The molecule has 3 N–H and O–H groups in total. The van der Waals surface area contributed by atoms with Crippen LogP contribution in [0.25, 0.3) is 0 Å². The lowest BCUT2D eigenvalue weighted by Crippen LogP contribution is -2.52. The number of nitrogens with one attached hydrogen (secondary N) is 1. The molecule has 1 heterocycles. The topological polar surface area (TPSA) is 80.0 Å². The minimum Gasteiger partial charge on any atom is -0.444 e. The van der Waals surface area contributed by atoms with Crippen LogP contribution in [0, 0.1) is 0 Å². The maximum atomic E-state index is 11.9. The molecule has 104 valence electrons. The summed E-state index contributed by atoms with van der Waals surface area (Å²) in [6.07, 6.45) is 1.66. The van der Waals surface area contributed by atoms with Gasteiger partial charge in [-0.25, -0.2) is 4.79 Å². The van der Waals surface area contributed by atoms with Gasteiger partial charge in [-0.05, 0) is 33.6 Å². The van der Waals surface area contributed by atoms with E-state index in [4.69, 9.17) is 10.5 Å². The molecule has 1 amide bonds. The van der Waals surface area contributed by atoms with Gasteiger partial charge in [-0.15, -0.1) is 0 Å². The number of carbonyl (C=O) groups is 1. The first-order valence-corrected chi connectivity index (χ1v) is 6.28. The van der Waals surface area contributed by atoms with Crippen LogP contribution in [0.15, 0.2) is 4.99 Å². The molecule has 1 aliphatic heterocycles. The third-order valence-corrected chi connectivity index (χ3v) is 2.67. The first kappa shape index (κ1) is 14.6. The Morgan fingerprint density at radius 2 is 2.17 bits per heavy atom.